The summed E-state index contributed by atoms with van der Waals surface area (Å²) in [4.78, 5) is 11.0. The first-order valence-electron chi connectivity index (χ1n) is 7.12. The third-order valence-corrected chi connectivity index (χ3v) is 3.74. The highest BCUT2D eigenvalue weighted by atomic mass is 16.5. The van der Waals surface area contributed by atoms with E-state index in [1.807, 2.05) is 43.3 Å². The number of benzene rings is 2. The van der Waals surface area contributed by atoms with E-state index in [4.69, 9.17) is 16.2 Å². The van der Waals surface area contributed by atoms with Crippen molar-refractivity contribution in [1.29, 1.82) is 0 Å². The van der Waals surface area contributed by atoms with Gasteiger partial charge in [0, 0.05) is 17.8 Å². The predicted molar refractivity (Wildman–Crippen MR) is 85.0 cm³/mol. The lowest BCUT2D eigenvalue weighted by atomic mass is 9.91. The van der Waals surface area contributed by atoms with Crippen molar-refractivity contribution in [1.82, 2.24) is 0 Å². The van der Waals surface area contributed by atoms with Crippen molar-refractivity contribution < 1.29 is 9.53 Å². The highest BCUT2D eigenvalue weighted by Crippen LogP contribution is 2.33. The van der Waals surface area contributed by atoms with E-state index in [-0.39, 0.29) is 17.9 Å². The Bertz CT molecular complexity index is 640. The van der Waals surface area contributed by atoms with E-state index in [9.17, 15) is 4.79 Å². The van der Waals surface area contributed by atoms with E-state index in [2.05, 4.69) is 0 Å². The fourth-order valence-corrected chi connectivity index (χ4v) is 2.78. The highest BCUT2D eigenvalue weighted by Gasteiger charge is 2.16. The van der Waals surface area contributed by atoms with Crippen molar-refractivity contribution in [3.8, 4) is 5.75 Å². The molecular weight excluding hydrogens is 264 g/mol. The average Bonchev–Trinajstić information content (AvgIpc) is 2.44. The Hall–Kier alpha value is -2.07. The summed E-state index contributed by atoms with van der Waals surface area (Å²) in [5.74, 6) is 0.722. The van der Waals surface area contributed by atoms with E-state index < -0.39 is 0 Å². The SMILES string of the molecule is COc1ccc(C(N)CC(C)CC(N)=O)c2ccccc12. The number of primary amides is 1. The molecule has 21 heavy (non-hydrogen) atoms. The third-order valence-electron chi connectivity index (χ3n) is 3.74. The number of fused-ring (bicyclic) bond motifs is 1. The van der Waals surface area contributed by atoms with Crippen LogP contribution < -0.4 is 16.2 Å². The molecule has 0 saturated heterocycles. The Morgan fingerprint density at radius 3 is 2.48 bits per heavy atom. The van der Waals surface area contributed by atoms with E-state index in [1.165, 1.54) is 0 Å². The normalized spacial score (nSPS) is 13.9. The Kier molecular flexibility index (Phi) is 4.81. The lowest BCUT2D eigenvalue weighted by molar-refractivity contribution is -0.118. The molecule has 0 saturated carbocycles. The largest absolute Gasteiger partial charge is 0.496 e. The van der Waals surface area contributed by atoms with Crippen molar-refractivity contribution in [2.24, 2.45) is 17.4 Å². The zero-order chi connectivity index (χ0) is 15.4. The topological polar surface area (TPSA) is 78.3 Å². The Labute approximate surface area is 125 Å². The number of ether oxygens (including phenoxy) is 1. The molecule has 4 N–H and O–H groups in total. The number of rotatable bonds is 6. The molecule has 112 valence electrons. The minimum absolute atomic E-state index is 0.129. The minimum Gasteiger partial charge on any atom is -0.496 e. The number of nitrogens with two attached hydrogens (primary N) is 2. The molecule has 1 amide bonds. The van der Waals surface area contributed by atoms with Gasteiger partial charge in [0.2, 0.25) is 5.91 Å². The molecule has 2 aromatic carbocycles. The maximum absolute atomic E-state index is 11.0. The number of carbonyl (C=O) groups excluding carboxylic acids is 1. The van der Waals surface area contributed by atoms with Crippen LogP contribution in [0.2, 0.25) is 0 Å². The predicted octanol–water partition coefficient (Wildman–Crippen LogP) is 2.75. The van der Waals surface area contributed by atoms with Gasteiger partial charge in [0.1, 0.15) is 5.75 Å². The molecule has 0 aliphatic carbocycles. The molecule has 4 heteroatoms. The summed E-state index contributed by atoms with van der Waals surface area (Å²) in [5.41, 5.74) is 12.6. The second-order valence-electron chi connectivity index (χ2n) is 5.52. The van der Waals surface area contributed by atoms with Gasteiger partial charge in [-0.25, -0.2) is 0 Å². The molecule has 2 aromatic rings. The molecule has 2 unspecified atom stereocenters. The van der Waals surface area contributed by atoms with Crippen molar-refractivity contribution in [3.05, 3.63) is 42.0 Å². The summed E-state index contributed by atoms with van der Waals surface area (Å²) in [6, 6.07) is 11.9. The van der Waals surface area contributed by atoms with Crippen LogP contribution in [0.4, 0.5) is 0 Å². The third kappa shape index (κ3) is 3.52. The van der Waals surface area contributed by atoms with Crippen LogP contribution in [0, 0.1) is 5.92 Å². The van der Waals surface area contributed by atoms with E-state index in [0.29, 0.717) is 6.42 Å². The average molecular weight is 286 g/mol. The quantitative estimate of drug-likeness (QED) is 0.857. The molecule has 0 aliphatic heterocycles. The Balaban J connectivity index is 2.31. The van der Waals surface area contributed by atoms with Gasteiger partial charge in [-0.15, -0.1) is 0 Å². The van der Waals surface area contributed by atoms with Crippen LogP contribution >= 0.6 is 0 Å². The molecule has 2 rings (SSSR count). The molecule has 0 heterocycles. The molecule has 4 nitrogen and oxygen atoms in total. The van der Waals surface area contributed by atoms with E-state index in [0.717, 1.165) is 28.5 Å². The standard InChI is InChI=1S/C17H22N2O2/c1-11(10-17(19)20)9-15(18)13-7-8-16(21-2)14-6-4-3-5-12(13)14/h3-8,11,15H,9-10,18H2,1-2H3,(H2,19,20). The fourth-order valence-electron chi connectivity index (χ4n) is 2.78. The smallest absolute Gasteiger partial charge is 0.217 e. The van der Waals surface area contributed by atoms with Crippen molar-refractivity contribution in [2.45, 2.75) is 25.8 Å². The van der Waals surface area contributed by atoms with Crippen LogP contribution in [-0.4, -0.2) is 13.0 Å². The summed E-state index contributed by atoms with van der Waals surface area (Å²) >= 11 is 0. The van der Waals surface area contributed by atoms with Gasteiger partial charge in [0.25, 0.3) is 0 Å². The number of hydrogen-bond donors (Lipinski definition) is 2. The summed E-state index contributed by atoms with van der Waals surface area (Å²) in [6.07, 6.45) is 1.08. The van der Waals surface area contributed by atoms with Gasteiger partial charge < -0.3 is 16.2 Å². The molecule has 0 fully saturated rings. The lowest BCUT2D eigenvalue weighted by Crippen LogP contribution is -2.19. The van der Waals surface area contributed by atoms with Gasteiger partial charge in [0.05, 0.1) is 7.11 Å². The number of methoxy groups -OCH3 is 1. The Morgan fingerprint density at radius 2 is 1.86 bits per heavy atom. The van der Waals surface area contributed by atoms with Gasteiger partial charge in [0.15, 0.2) is 0 Å². The Morgan fingerprint density at radius 1 is 1.19 bits per heavy atom. The summed E-state index contributed by atoms with van der Waals surface area (Å²) < 4.78 is 5.39. The maximum Gasteiger partial charge on any atom is 0.217 e. The highest BCUT2D eigenvalue weighted by molar-refractivity contribution is 5.91. The van der Waals surface area contributed by atoms with Crippen LogP contribution in [0.3, 0.4) is 0 Å². The van der Waals surface area contributed by atoms with E-state index in [1.54, 1.807) is 7.11 Å². The van der Waals surface area contributed by atoms with Gasteiger partial charge in [-0.3, -0.25) is 4.79 Å². The second-order valence-corrected chi connectivity index (χ2v) is 5.52. The van der Waals surface area contributed by atoms with Gasteiger partial charge >= 0.3 is 0 Å². The summed E-state index contributed by atoms with van der Waals surface area (Å²) in [6.45, 7) is 2.00. The van der Waals surface area contributed by atoms with Gasteiger partial charge in [-0.05, 0) is 29.4 Å². The molecule has 2 atom stereocenters. The number of carbonyl (C=O) groups is 1. The molecule has 0 spiro atoms. The first kappa shape index (κ1) is 15.3. The monoisotopic (exact) mass is 286 g/mol. The molecule has 0 bridgehead atoms. The second kappa shape index (κ2) is 6.59. The van der Waals surface area contributed by atoms with Crippen LogP contribution in [0.25, 0.3) is 10.8 Å². The fraction of sp³-hybridized carbons (Fsp3) is 0.353. The zero-order valence-electron chi connectivity index (χ0n) is 12.5. The maximum atomic E-state index is 11.0. The first-order chi connectivity index (χ1) is 10.0. The van der Waals surface area contributed by atoms with Crippen LogP contribution in [0.5, 0.6) is 5.75 Å². The number of hydrogen-bond acceptors (Lipinski definition) is 3. The van der Waals surface area contributed by atoms with Crippen LogP contribution in [-0.2, 0) is 4.79 Å². The van der Waals surface area contributed by atoms with Crippen LogP contribution in [0.15, 0.2) is 36.4 Å². The zero-order valence-corrected chi connectivity index (χ0v) is 12.5. The summed E-state index contributed by atoms with van der Waals surface area (Å²) in [5, 5.41) is 2.14. The van der Waals surface area contributed by atoms with Gasteiger partial charge in [-0.1, -0.05) is 37.3 Å². The van der Waals surface area contributed by atoms with Crippen LogP contribution in [0.1, 0.15) is 31.4 Å². The minimum atomic E-state index is -0.283. The van der Waals surface area contributed by atoms with Crippen molar-refractivity contribution in [3.63, 3.8) is 0 Å². The van der Waals surface area contributed by atoms with Gasteiger partial charge in [-0.2, -0.15) is 0 Å². The van der Waals surface area contributed by atoms with Crippen molar-refractivity contribution in [2.75, 3.05) is 7.11 Å². The first-order valence-corrected chi connectivity index (χ1v) is 7.12. The van der Waals surface area contributed by atoms with Crippen molar-refractivity contribution >= 4 is 16.7 Å². The molecular formula is C17H22N2O2. The molecule has 0 aromatic heterocycles. The lowest BCUT2D eigenvalue weighted by Gasteiger charge is -2.19. The van der Waals surface area contributed by atoms with E-state index >= 15 is 0 Å². The molecule has 0 aliphatic rings. The molecule has 0 radical (unpaired) electrons. The number of amides is 1. The summed E-state index contributed by atoms with van der Waals surface area (Å²) in [7, 11) is 1.66.